The third-order valence-electron chi connectivity index (χ3n) is 3.42. The summed E-state index contributed by atoms with van der Waals surface area (Å²) in [4.78, 5) is 22.4. The molecule has 0 aromatic carbocycles. The number of ether oxygens (including phenoxy) is 1. The Morgan fingerprint density at radius 3 is 2.65 bits per heavy atom. The zero-order chi connectivity index (χ0) is 15.4. The topological polar surface area (TPSA) is 102 Å². The molecule has 0 aromatic heterocycles. The van der Waals surface area contributed by atoms with Gasteiger partial charge in [0.05, 0.1) is 6.42 Å². The Morgan fingerprint density at radius 1 is 1.45 bits per heavy atom. The summed E-state index contributed by atoms with van der Waals surface area (Å²) in [5.74, 6) is -0.658. The first-order valence-electron chi connectivity index (χ1n) is 7.07. The molecule has 6 nitrogen and oxygen atoms in total. The molecule has 1 amide bonds. The fourth-order valence-corrected chi connectivity index (χ4v) is 2.70. The minimum atomic E-state index is -0.867. The number of amides is 1. The van der Waals surface area contributed by atoms with Gasteiger partial charge in [-0.15, -0.1) is 0 Å². The monoisotopic (exact) mass is 286 g/mol. The van der Waals surface area contributed by atoms with Crippen molar-refractivity contribution in [3.63, 3.8) is 0 Å². The van der Waals surface area contributed by atoms with Crippen molar-refractivity contribution < 1.29 is 19.4 Å². The SMILES string of the molecule is CC(C)(C)OC(=O)NCC1CCCC(N)(CC(=O)O)C1. The normalized spacial score (nSPS) is 26.9. The van der Waals surface area contributed by atoms with Crippen LogP contribution in [0, 0.1) is 5.92 Å². The summed E-state index contributed by atoms with van der Waals surface area (Å²) in [6.45, 7) is 5.91. The fraction of sp³-hybridized carbons (Fsp3) is 0.857. The molecule has 1 rings (SSSR count). The molecule has 0 heterocycles. The highest BCUT2D eigenvalue weighted by atomic mass is 16.6. The van der Waals surface area contributed by atoms with E-state index in [0.29, 0.717) is 13.0 Å². The lowest BCUT2D eigenvalue weighted by molar-refractivity contribution is -0.138. The van der Waals surface area contributed by atoms with E-state index in [9.17, 15) is 9.59 Å². The van der Waals surface area contributed by atoms with Gasteiger partial charge in [-0.05, 0) is 46.0 Å². The zero-order valence-electron chi connectivity index (χ0n) is 12.6. The Hall–Kier alpha value is -1.30. The number of hydrogen-bond acceptors (Lipinski definition) is 4. The van der Waals surface area contributed by atoms with E-state index in [-0.39, 0.29) is 12.3 Å². The summed E-state index contributed by atoms with van der Waals surface area (Å²) in [5.41, 5.74) is 4.97. The maximum absolute atomic E-state index is 11.6. The largest absolute Gasteiger partial charge is 0.481 e. The molecule has 4 N–H and O–H groups in total. The van der Waals surface area contributed by atoms with E-state index >= 15 is 0 Å². The molecule has 116 valence electrons. The maximum Gasteiger partial charge on any atom is 0.407 e. The van der Waals surface area contributed by atoms with Crippen LogP contribution in [-0.4, -0.2) is 34.9 Å². The van der Waals surface area contributed by atoms with Gasteiger partial charge in [-0.2, -0.15) is 0 Å². The summed E-state index contributed by atoms with van der Waals surface area (Å²) in [5, 5.41) is 11.6. The van der Waals surface area contributed by atoms with Crippen LogP contribution in [0.2, 0.25) is 0 Å². The highest BCUT2D eigenvalue weighted by Crippen LogP contribution is 2.32. The highest BCUT2D eigenvalue weighted by molar-refractivity contribution is 5.68. The predicted molar refractivity (Wildman–Crippen MR) is 75.4 cm³/mol. The molecule has 0 radical (unpaired) electrons. The number of aliphatic carboxylic acids is 1. The molecule has 2 atom stereocenters. The minimum absolute atomic E-state index is 0.0179. The Morgan fingerprint density at radius 2 is 2.10 bits per heavy atom. The minimum Gasteiger partial charge on any atom is -0.481 e. The predicted octanol–water partition coefficient (Wildman–Crippen LogP) is 1.87. The second kappa shape index (κ2) is 6.43. The van der Waals surface area contributed by atoms with Gasteiger partial charge in [0, 0.05) is 12.1 Å². The summed E-state index contributed by atoms with van der Waals surface area (Å²) in [7, 11) is 0. The Bertz CT molecular complexity index is 365. The van der Waals surface area contributed by atoms with Gasteiger partial charge in [-0.3, -0.25) is 4.79 Å². The molecule has 1 fully saturated rings. The van der Waals surface area contributed by atoms with Crippen LogP contribution in [0.1, 0.15) is 52.9 Å². The van der Waals surface area contributed by atoms with Crippen LogP contribution in [0.4, 0.5) is 4.79 Å². The van der Waals surface area contributed by atoms with E-state index in [1.54, 1.807) is 0 Å². The van der Waals surface area contributed by atoms with Crippen LogP contribution in [-0.2, 0) is 9.53 Å². The van der Waals surface area contributed by atoms with Crippen LogP contribution in [0.25, 0.3) is 0 Å². The van der Waals surface area contributed by atoms with Crippen molar-refractivity contribution in [3.8, 4) is 0 Å². The number of carbonyl (C=O) groups excluding carboxylic acids is 1. The number of carboxylic acids is 1. The molecule has 6 heteroatoms. The number of nitrogens with two attached hydrogens (primary N) is 1. The van der Waals surface area contributed by atoms with E-state index in [2.05, 4.69) is 5.32 Å². The fourth-order valence-electron chi connectivity index (χ4n) is 2.70. The molecule has 20 heavy (non-hydrogen) atoms. The molecule has 0 saturated heterocycles. The molecule has 0 spiro atoms. The van der Waals surface area contributed by atoms with Crippen LogP contribution in [0.15, 0.2) is 0 Å². The number of carboxylic acid groups (broad SMARTS) is 1. The molecule has 2 unspecified atom stereocenters. The van der Waals surface area contributed by atoms with E-state index in [1.165, 1.54) is 0 Å². The van der Waals surface area contributed by atoms with E-state index in [1.807, 2.05) is 20.8 Å². The Kier molecular flexibility index (Phi) is 5.39. The Labute approximate surface area is 120 Å². The third-order valence-corrected chi connectivity index (χ3v) is 3.42. The Balaban J connectivity index is 2.41. The zero-order valence-corrected chi connectivity index (χ0v) is 12.6. The van der Waals surface area contributed by atoms with Gasteiger partial charge in [0.15, 0.2) is 0 Å². The third kappa shape index (κ3) is 6.23. The molecule has 1 aliphatic rings. The molecular formula is C14H26N2O4. The van der Waals surface area contributed by atoms with Crippen LogP contribution in [0.5, 0.6) is 0 Å². The molecule has 0 aromatic rings. The van der Waals surface area contributed by atoms with Crippen molar-refractivity contribution in [3.05, 3.63) is 0 Å². The smallest absolute Gasteiger partial charge is 0.407 e. The average Bonchev–Trinajstić information content (AvgIpc) is 2.22. The molecule has 0 aliphatic heterocycles. The lowest BCUT2D eigenvalue weighted by atomic mass is 9.74. The molecule has 1 aliphatic carbocycles. The number of alkyl carbamates (subject to hydrolysis) is 1. The first-order chi connectivity index (χ1) is 9.10. The van der Waals surface area contributed by atoms with Gasteiger partial charge < -0.3 is 20.9 Å². The molecular weight excluding hydrogens is 260 g/mol. The highest BCUT2D eigenvalue weighted by Gasteiger charge is 2.34. The van der Waals surface area contributed by atoms with E-state index in [0.717, 1.165) is 19.3 Å². The lowest BCUT2D eigenvalue weighted by Crippen LogP contribution is -2.48. The van der Waals surface area contributed by atoms with Crippen molar-refractivity contribution >= 4 is 12.1 Å². The van der Waals surface area contributed by atoms with Gasteiger partial charge in [0.1, 0.15) is 5.60 Å². The summed E-state index contributed by atoms with van der Waals surface area (Å²) < 4.78 is 5.17. The molecule has 1 saturated carbocycles. The summed E-state index contributed by atoms with van der Waals surface area (Å²) in [6.07, 6.45) is 2.73. The van der Waals surface area contributed by atoms with Crippen LogP contribution < -0.4 is 11.1 Å². The summed E-state index contributed by atoms with van der Waals surface area (Å²) >= 11 is 0. The van der Waals surface area contributed by atoms with Crippen molar-refractivity contribution in [2.45, 2.75) is 64.0 Å². The van der Waals surface area contributed by atoms with E-state index < -0.39 is 23.2 Å². The van der Waals surface area contributed by atoms with Crippen LogP contribution in [0.3, 0.4) is 0 Å². The number of carbonyl (C=O) groups is 2. The van der Waals surface area contributed by atoms with Crippen molar-refractivity contribution in [2.24, 2.45) is 11.7 Å². The van der Waals surface area contributed by atoms with Gasteiger partial charge >= 0.3 is 12.1 Å². The van der Waals surface area contributed by atoms with Crippen molar-refractivity contribution in [2.75, 3.05) is 6.54 Å². The number of rotatable bonds is 4. The maximum atomic E-state index is 11.6. The first kappa shape index (κ1) is 16.8. The van der Waals surface area contributed by atoms with Crippen molar-refractivity contribution in [1.29, 1.82) is 0 Å². The lowest BCUT2D eigenvalue weighted by Gasteiger charge is -2.37. The standard InChI is InChI=1S/C14H26N2O4/c1-13(2,3)20-12(19)16-9-10-5-4-6-14(15,7-10)8-11(17)18/h10H,4-9,15H2,1-3H3,(H,16,19)(H,17,18). The summed E-state index contributed by atoms with van der Waals surface area (Å²) in [6, 6.07) is 0. The first-order valence-corrected chi connectivity index (χ1v) is 7.07. The quantitative estimate of drug-likeness (QED) is 0.732. The van der Waals surface area contributed by atoms with Gasteiger partial charge in [-0.1, -0.05) is 6.42 Å². The van der Waals surface area contributed by atoms with E-state index in [4.69, 9.17) is 15.6 Å². The van der Waals surface area contributed by atoms with Gasteiger partial charge in [-0.25, -0.2) is 4.79 Å². The van der Waals surface area contributed by atoms with Gasteiger partial charge in [0.2, 0.25) is 0 Å². The van der Waals surface area contributed by atoms with Gasteiger partial charge in [0.25, 0.3) is 0 Å². The average molecular weight is 286 g/mol. The van der Waals surface area contributed by atoms with Crippen LogP contribution >= 0.6 is 0 Å². The second-order valence-electron chi connectivity index (χ2n) is 6.78. The van der Waals surface area contributed by atoms with Crippen molar-refractivity contribution in [1.82, 2.24) is 5.32 Å². The molecule has 0 bridgehead atoms. The number of hydrogen-bond donors (Lipinski definition) is 3. The number of nitrogens with one attached hydrogen (secondary N) is 1. The second-order valence-corrected chi connectivity index (χ2v) is 6.78.